The fraction of sp³-hybridized carbons (Fsp3) is 0.385. The molecule has 0 bridgehead atoms. The normalized spacial score (nSPS) is 10.1. The van der Waals surface area contributed by atoms with Crippen LogP contribution in [-0.4, -0.2) is 30.9 Å². The molecule has 1 aromatic carbocycles. The molecule has 0 aliphatic rings. The molecule has 0 aromatic heterocycles. The van der Waals surface area contributed by atoms with Crippen molar-refractivity contribution in [1.29, 1.82) is 5.26 Å². The number of rotatable bonds is 5. The molecule has 0 atom stereocenters. The highest BCUT2D eigenvalue weighted by atomic mass is 16.2. The molecule has 0 aliphatic heterocycles. The van der Waals surface area contributed by atoms with Gasteiger partial charge in [0.25, 0.3) is 0 Å². The van der Waals surface area contributed by atoms with Crippen LogP contribution in [0.25, 0.3) is 0 Å². The maximum absolute atomic E-state index is 11.8. The number of nitrogens with zero attached hydrogens (tertiary/aromatic N) is 2. The molecule has 0 heterocycles. The van der Waals surface area contributed by atoms with E-state index in [0.29, 0.717) is 18.7 Å². The van der Waals surface area contributed by atoms with Gasteiger partial charge in [-0.3, -0.25) is 9.69 Å². The van der Waals surface area contributed by atoms with Crippen LogP contribution < -0.4 is 11.1 Å². The summed E-state index contributed by atoms with van der Waals surface area (Å²) in [6.07, 6.45) is 0.418. The molecule has 5 nitrogen and oxygen atoms in total. The number of carbonyl (C=O) groups is 1. The molecule has 0 saturated heterocycles. The Balaban J connectivity index is 2.54. The quantitative estimate of drug-likeness (QED) is 0.768. The van der Waals surface area contributed by atoms with Crippen LogP contribution in [0.2, 0.25) is 0 Å². The summed E-state index contributed by atoms with van der Waals surface area (Å²) in [5, 5.41) is 11.3. The summed E-state index contributed by atoms with van der Waals surface area (Å²) in [6, 6.07) is 7.45. The van der Waals surface area contributed by atoms with Gasteiger partial charge in [0, 0.05) is 24.3 Å². The first-order valence-electron chi connectivity index (χ1n) is 5.74. The average Bonchev–Trinajstić information content (AvgIpc) is 2.31. The maximum atomic E-state index is 11.8. The minimum absolute atomic E-state index is 0.107. The highest BCUT2D eigenvalue weighted by Gasteiger charge is 2.08. The summed E-state index contributed by atoms with van der Waals surface area (Å²) in [5.41, 5.74) is 7.99. The van der Waals surface area contributed by atoms with Crippen molar-refractivity contribution < 1.29 is 4.79 Å². The lowest BCUT2D eigenvalue weighted by molar-refractivity contribution is -0.117. The number of aryl methyl sites for hydroxylation is 1. The lowest BCUT2D eigenvalue weighted by atomic mass is 10.2. The SMILES string of the molecule is Cc1ccc(N)cc1NC(=O)CN(C)CCC#N. The fourth-order valence-corrected chi connectivity index (χ4v) is 1.53. The Bertz CT molecular complexity index is 465. The van der Waals surface area contributed by atoms with Crippen LogP contribution in [0.5, 0.6) is 0 Å². The molecule has 1 amide bonds. The van der Waals surface area contributed by atoms with E-state index in [2.05, 4.69) is 5.32 Å². The first-order valence-corrected chi connectivity index (χ1v) is 5.74. The van der Waals surface area contributed by atoms with Crippen molar-refractivity contribution >= 4 is 17.3 Å². The van der Waals surface area contributed by atoms with E-state index < -0.39 is 0 Å². The van der Waals surface area contributed by atoms with Gasteiger partial charge in [0.05, 0.1) is 12.6 Å². The van der Waals surface area contributed by atoms with Crippen LogP contribution in [0.3, 0.4) is 0 Å². The number of hydrogen-bond donors (Lipinski definition) is 2. The standard InChI is InChI=1S/C13H18N4O/c1-10-4-5-11(15)8-12(10)16-13(18)9-17(2)7-3-6-14/h4-5,8H,3,7,9,15H2,1-2H3,(H,16,18). The Kier molecular flexibility index (Phi) is 5.15. The van der Waals surface area contributed by atoms with Gasteiger partial charge in [-0.1, -0.05) is 6.07 Å². The van der Waals surface area contributed by atoms with Gasteiger partial charge < -0.3 is 11.1 Å². The Morgan fingerprint density at radius 1 is 1.56 bits per heavy atom. The van der Waals surface area contributed by atoms with Crippen molar-refractivity contribution in [2.24, 2.45) is 0 Å². The van der Waals surface area contributed by atoms with Gasteiger partial charge in [0.15, 0.2) is 0 Å². The molecule has 0 radical (unpaired) electrons. The monoisotopic (exact) mass is 246 g/mol. The third-order valence-electron chi connectivity index (χ3n) is 2.55. The second-order valence-electron chi connectivity index (χ2n) is 4.27. The van der Waals surface area contributed by atoms with Crippen molar-refractivity contribution in [3.05, 3.63) is 23.8 Å². The number of nitrogens with two attached hydrogens (primary N) is 1. The molecular weight excluding hydrogens is 228 g/mol. The molecular formula is C13H18N4O. The minimum Gasteiger partial charge on any atom is -0.399 e. The van der Waals surface area contributed by atoms with Crippen LogP contribution in [0, 0.1) is 18.3 Å². The summed E-state index contributed by atoms with van der Waals surface area (Å²) in [7, 11) is 1.81. The van der Waals surface area contributed by atoms with E-state index in [1.165, 1.54) is 0 Å². The minimum atomic E-state index is -0.107. The predicted molar refractivity (Wildman–Crippen MR) is 71.9 cm³/mol. The number of likely N-dealkylation sites (N-methyl/N-ethyl adjacent to an activating group) is 1. The summed E-state index contributed by atoms with van der Waals surface area (Å²) >= 11 is 0. The van der Waals surface area contributed by atoms with Crippen molar-refractivity contribution in [1.82, 2.24) is 4.90 Å². The third kappa shape index (κ3) is 4.44. The second-order valence-corrected chi connectivity index (χ2v) is 4.27. The van der Waals surface area contributed by atoms with E-state index in [-0.39, 0.29) is 12.5 Å². The van der Waals surface area contributed by atoms with E-state index in [1.807, 2.05) is 26.1 Å². The molecule has 0 spiro atoms. The van der Waals surface area contributed by atoms with Gasteiger partial charge in [-0.15, -0.1) is 0 Å². The van der Waals surface area contributed by atoms with E-state index in [4.69, 9.17) is 11.0 Å². The van der Waals surface area contributed by atoms with Crippen molar-refractivity contribution in [2.45, 2.75) is 13.3 Å². The average molecular weight is 246 g/mol. The van der Waals surface area contributed by atoms with Gasteiger partial charge in [-0.05, 0) is 31.7 Å². The topological polar surface area (TPSA) is 82.2 Å². The van der Waals surface area contributed by atoms with Crippen LogP contribution >= 0.6 is 0 Å². The second kappa shape index (κ2) is 6.62. The first kappa shape index (κ1) is 14.0. The molecule has 0 saturated carbocycles. The van der Waals surface area contributed by atoms with Gasteiger partial charge in [0.2, 0.25) is 5.91 Å². The number of nitrogens with one attached hydrogen (secondary N) is 1. The largest absolute Gasteiger partial charge is 0.399 e. The summed E-state index contributed by atoms with van der Waals surface area (Å²) in [5.74, 6) is -0.107. The number of carbonyl (C=O) groups excluding carboxylic acids is 1. The highest BCUT2D eigenvalue weighted by Crippen LogP contribution is 2.17. The van der Waals surface area contributed by atoms with Crippen molar-refractivity contribution in [2.75, 3.05) is 31.2 Å². The molecule has 3 N–H and O–H groups in total. The zero-order valence-electron chi connectivity index (χ0n) is 10.7. The van der Waals surface area contributed by atoms with Crippen molar-refractivity contribution in [3.63, 3.8) is 0 Å². The van der Waals surface area contributed by atoms with Crippen LogP contribution in [-0.2, 0) is 4.79 Å². The lowest BCUT2D eigenvalue weighted by Crippen LogP contribution is -2.31. The van der Waals surface area contributed by atoms with Crippen LogP contribution in [0.15, 0.2) is 18.2 Å². The molecule has 18 heavy (non-hydrogen) atoms. The highest BCUT2D eigenvalue weighted by molar-refractivity contribution is 5.93. The summed E-state index contributed by atoms with van der Waals surface area (Å²) in [6.45, 7) is 2.75. The number of nitrogen functional groups attached to an aromatic ring is 1. The molecule has 5 heteroatoms. The van der Waals surface area contributed by atoms with Gasteiger partial charge in [-0.2, -0.15) is 5.26 Å². The number of benzene rings is 1. The number of anilines is 2. The predicted octanol–water partition coefficient (Wildman–Crippen LogP) is 1.36. The van der Waals surface area contributed by atoms with Gasteiger partial charge in [0.1, 0.15) is 0 Å². The Morgan fingerprint density at radius 3 is 2.94 bits per heavy atom. The van der Waals surface area contributed by atoms with Gasteiger partial charge >= 0.3 is 0 Å². The van der Waals surface area contributed by atoms with E-state index in [9.17, 15) is 4.79 Å². The Hall–Kier alpha value is -2.06. The van der Waals surface area contributed by atoms with E-state index in [0.717, 1.165) is 11.3 Å². The zero-order valence-corrected chi connectivity index (χ0v) is 10.7. The zero-order chi connectivity index (χ0) is 13.5. The fourth-order valence-electron chi connectivity index (χ4n) is 1.53. The number of hydrogen-bond acceptors (Lipinski definition) is 4. The van der Waals surface area contributed by atoms with Crippen LogP contribution in [0.4, 0.5) is 11.4 Å². The maximum Gasteiger partial charge on any atom is 0.238 e. The number of amides is 1. The summed E-state index contributed by atoms with van der Waals surface area (Å²) < 4.78 is 0. The Labute approximate surface area is 107 Å². The van der Waals surface area contributed by atoms with Gasteiger partial charge in [-0.25, -0.2) is 0 Å². The van der Waals surface area contributed by atoms with E-state index in [1.54, 1.807) is 17.0 Å². The Morgan fingerprint density at radius 2 is 2.28 bits per heavy atom. The lowest BCUT2D eigenvalue weighted by Gasteiger charge is -2.15. The van der Waals surface area contributed by atoms with Crippen LogP contribution in [0.1, 0.15) is 12.0 Å². The molecule has 0 aliphatic carbocycles. The molecule has 1 rings (SSSR count). The van der Waals surface area contributed by atoms with E-state index >= 15 is 0 Å². The smallest absolute Gasteiger partial charge is 0.238 e. The van der Waals surface area contributed by atoms with Crippen molar-refractivity contribution in [3.8, 4) is 6.07 Å². The summed E-state index contributed by atoms with van der Waals surface area (Å²) in [4.78, 5) is 13.6. The number of nitriles is 1. The molecule has 0 unspecified atom stereocenters. The molecule has 1 aromatic rings. The third-order valence-corrected chi connectivity index (χ3v) is 2.55. The molecule has 0 fully saturated rings. The first-order chi connectivity index (χ1) is 8.52. The molecule has 96 valence electrons.